The van der Waals surface area contributed by atoms with E-state index in [0.717, 1.165) is 33.4 Å². The van der Waals surface area contributed by atoms with Crippen LogP contribution in [-0.4, -0.2) is 39.0 Å². The zero-order chi connectivity index (χ0) is 87.8. The molecule has 20 heteroatoms. The molecule has 0 unspecified atom stereocenters. The Morgan fingerprint density at radius 2 is 0.500 bits per heavy atom. The van der Waals surface area contributed by atoms with Gasteiger partial charge in [-0.05, 0) is 172 Å². The first-order chi connectivity index (χ1) is 62.8. The van der Waals surface area contributed by atoms with E-state index < -0.39 is 0 Å². The Morgan fingerprint density at radius 1 is 0.219 bits per heavy atom. The number of benzene rings is 15. The summed E-state index contributed by atoms with van der Waals surface area (Å²) in [6.45, 7) is 32.3. The third kappa shape index (κ3) is 13.6. The van der Waals surface area contributed by atoms with Gasteiger partial charge in [-0.25, -0.2) is 49.3 Å². The quantitative estimate of drug-likeness (QED) is 0.0915. The van der Waals surface area contributed by atoms with Crippen LogP contribution in [0.1, 0.15) is 44.5 Å². The van der Waals surface area contributed by atoms with E-state index in [1.54, 1.807) is 0 Å². The summed E-state index contributed by atoms with van der Waals surface area (Å²) >= 11 is 0. The second-order valence-corrected chi connectivity index (χ2v) is 29.7. The van der Waals surface area contributed by atoms with Gasteiger partial charge in [-0.3, -0.25) is 0 Å². The van der Waals surface area contributed by atoms with Crippen molar-refractivity contribution in [3.8, 4) is 195 Å². The summed E-state index contributed by atoms with van der Waals surface area (Å²) in [6.07, 6.45) is 0. The van der Waals surface area contributed by atoms with Crippen LogP contribution in [0.5, 0.6) is 0 Å². The molecule has 0 aliphatic heterocycles. The number of fused-ring (bicyclic) bond motifs is 6. The van der Waals surface area contributed by atoms with E-state index in [-0.39, 0.29) is 67.3 Å². The molecule has 0 bridgehead atoms. The van der Waals surface area contributed by atoms with Gasteiger partial charge in [0.1, 0.15) is 0 Å². The van der Waals surface area contributed by atoms with E-state index >= 15 is 0 Å². The fourth-order valence-corrected chi connectivity index (χ4v) is 16.9. The topological polar surface area (TPSA) is 295 Å². The molecule has 582 valence electrons. The van der Waals surface area contributed by atoms with Gasteiger partial charge in [0.15, 0.2) is 57.7 Å². The molecule has 0 aliphatic carbocycles. The molecule has 0 spiro atoms. The van der Waals surface area contributed by atoms with E-state index in [9.17, 15) is 42.1 Å². The molecule has 19 rings (SSSR count). The van der Waals surface area contributed by atoms with Gasteiger partial charge in [-0.2, -0.15) is 42.1 Å². The Kier molecular flexibility index (Phi) is 19.7. The van der Waals surface area contributed by atoms with Crippen LogP contribution >= 0.6 is 0 Å². The standard InChI is InChI=1S/C108H50N20/c1-117-81-45-77(59-113)99(78(46-81)60-114)71-28-36-95-87(49-71)89-51-73(101-75(57-111)40-63(55-109)42-93(101)119-3)30-38-97(89)127(95)83-32-34-85(91(53-83)107-123-103(65-18-9-5-10-19-65)121-104(124-107)66-20-11-6-12-21-66)69-26-17-27-70(44-69)86-35-33-84(54-92(86)108-125-105(67-22-13-7-14-23-67)122-106(126-108)68-24-15-8-16-25-68)128-96-37-29-72(100-79(61-115)47-82(118-2)48-80(100)62-116)50-88(96)90-52-74(31-39-98(90)128)102-76(58-112)41-64(56-110)43-94(102)120-4/h5-54H. The van der Waals surface area contributed by atoms with Crippen molar-refractivity contribution in [1.29, 1.82) is 42.1 Å². The van der Waals surface area contributed by atoms with Gasteiger partial charge in [0.25, 0.3) is 0 Å². The van der Waals surface area contributed by atoms with Gasteiger partial charge >= 0.3 is 0 Å². The van der Waals surface area contributed by atoms with Crippen molar-refractivity contribution in [1.82, 2.24) is 39.0 Å². The number of nitriles is 8. The molecular weight excluding hydrogens is 1580 g/mol. The maximum atomic E-state index is 10.7. The Morgan fingerprint density at radius 3 is 0.781 bits per heavy atom. The minimum atomic E-state index is 0.0989. The Labute approximate surface area is 731 Å². The number of aromatic nitrogens is 8. The van der Waals surface area contributed by atoms with Crippen molar-refractivity contribution in [3.05, 3.63) is 393 Å². The van der Waals surface area contributed by atoms with Crippen LogP contribution in [0.15, 0.2) is 303 Å². The first-order valence-corrected chi connectivity index (χ1v) is 39.6. The van der Waals surface area contributed by atoms with E-state index in [1.165, 1.54) is 48.5 Å². The minimum Gasteiger partial charge on any atom is -0.309 e. The zero-order valence-corrected chi connectivity index (χ0v) is 66.8. The van der Waals surface area contributed by atoms with Crippen LogP contribution in [0.25, 0.3) is 209 Å². The van der Waals surface area contributed by atoms with Crippen LogP contribution in [0.2, 0.25) is 0 Å². The summed E-state index contributed by atoms with van der Waals surface area (Å²) in [5, 5.41) is 86.9. The number of rotatable bonds is 14. The van der Waals surface area contributed by atoms with Crippen LogP contribution in [-0.2, 0) is 0 Å². The first-order valence-electron chi connectivity index (χ1n) is 39.6. The van der Waals surface area contributed by atoms with Gasteiger partial charge in [-0.15, -0.1) is 0 Å². The lowest BCUT2D eigenvalue weighted by atomic mass is 9.92. The van der Waals surface area contributed by atoms with Gasteiger partial charge < -0.3 is 9.13 Å². The van der Waals surface area contributed by atoms with Crippen molar-refractivity contribution < 1.29 is 0 Å². The molecule has 4 heterocycles. The average Bonchev–Trinajstić information content (AvgIpc) is 1.58. The molecule has 0 radical (unpaired) electrons. The largest absolute Gasteiger partial charge is 0.309 e. The van der Waals surface area contributed by atoms with Crippen LogP contribution in [0.3, 0.4) is 0 Å². The van der Waals surface area contributed by atoms with E-state index in [0.29, 0.717) is 157 Å². The molecule has 0 atom stereocenters. The average molecular weight is 1630 g/mol. The molecule has 19 aromatic rings. The Bertz CT molecular complexity index is 7540. The van der Waals surface area contributed by atoms with Crippen molar-refractivity contribution >= 4 is 66.4 Å². The van der Waals surface area contributed by atoms with Gasteiger partial charge in [0, 0.05) is 99.7 Å². The monoisotopic (exact) mass is 1630 g/mol. The maximum absolute atomic E-state index is 10.7. The summed E-state index contributed by atoms with van der Waals surface area (Å²) in [4.78, 5) is 46.7. The lowest BCUT2D eigenvalue weighted by Crippen LogP contribution is -2.03. The van der Waals surface area contributed by atoms with Crippen molar-refractivity contribution in [2.24, 2.45) is 0 Å². The SMILES string of the molecule is [C-]#[N+]c1cc(C#N)c(-c2ccc3c(c2)c2cc(-c4c(C#N)cc(C#N)cc4[N+]#[C-])ccc2n3-c2ccc(-c3cccc(-c4ccc(-n5c6ccc(-c7c(C#N)cc([N+]#[C-])cc7C#N)cc6c6cc(-c7c(C#N)cc(C#N)cc7[N+]#[C-])ccc65)cc4-c4nc(-c5ccccc5)nc(-c5ccccc5)n4)c3)c(-c3nc(-c4ccccc4)nc(-c4ccccc4)n3)c2)c(C#N)c1. The molecule has 15 aromatic carbocycles. The second kappa shape index (κ2) is 32.5. The second-order valence-electron chi connectivity index (χ2n) is 29.7. The normalized spacial score (nSPS) is 10.7. The minimum absolute atomic E-state index is 0.0989. The zero-order valence-electron chi connectivity index (χ0n) is 66.8. The fourth-order valence-electron chi connectivity index (χ4n) is 16.9. The molecule has 20 nitrogen and oxygen atoms in total. The highest BCUT2D eigenvalue weighted by atomic mass is 15.1. The number of hydrogen-bond donors (Lipinski definition) is 0. The van der Waals surface area contributed by atoms with Gasteiger partial charge in [-0.1, -0.05) is 176 Å². The molecule has 0 saturated carbocycles. The molecule has 0 saturated heterocycles. The molecule has 0 N–H and O–H groups in total. The van der Waals surface area contributed by atoms with Gasteiger partial charge in [0.2, 0.25) is 0 Å². The number of hydrogen-bond acceptors (Lipinski definition) is 14. The highest BCUT2D eigenvalue weighted by Crippen LogP contribution is 2.48. The van der Waals surface area contributed by atoms with E-state index in [1.807, 2.05) is 249 Å². The molecule has 0 aliphatic rings. The van der Waals surface area contributed by atoms with Crippen molar-refractivity contribution in [2.75, 3.05) is 0 Å². The predicted molar refractivity (Wildman–Crippen MR) is 490 cm³/mol. The molecule has 128 heavy (non-hydrogen) atoms. The lowest BCUT2D eigenvalue weighted by molar-refractivity contribution is 1.07. The highest BCUT2D eigenvalue weighted by molar-refractivity contribution is 6.14. The smallest absolute Gasteiger partial charge is 0.197 e. The van der Waals surface area contributed by atoms with Crippen molar-refractivity contribution in [3.63, 3.8) is 0 Å². The first kappa shape index (κ1) is 77.7. The molecular formula is C108H50N20. The summed E-state index contributed by atoms with van der Waals surface area (Å²) in [5.74, 6) is 2.19. The molecule has 0 fully saturated rings. The Hall–Kier alpha value is -20.2. The van der Waals surface area contributed by atoms with Gasteiger partial charge in [0.05, 0.1) is 130 Å². The number of nitrogens with zero attached hydrogens (tertiary/aromatic N) is 20. The summed E-state index contributed by atoms with van der Waals surface area (Å²) in [6, 6.07) is 111. The fraction of sp³-hybridized carbons (Fsp3) is 0. The van der Waals surface area contributed by atoms with Crippen LogP contribution < -0.4 is 0 Å². The summed E-state index contributed by atoms with van der Waals surface area (Å²) < 4.78 is 4.17. The summed E-state index contributed by atoms with van der Waals surface area (Å²) in [7, 11) is 0. The maximum Gasteiger partial charge on any atom is 0.197 e. The van der Waals surface area contributed by atoms with E-state index in [2.05, 4.69) is 83.1 Å². The van der Waals surface area contributed by atoms with E-state index in [4.69, 9.17) is 56.2 Å². The Balaban J connectivity index is 0.865. The predicted octanol–water partition coefficient (Wildman–Crippen LogP) is 25.4. The van der Waals surface area contributed by atoms with Crippen molar-refractivity contribution in [2.45, 2.75) is 0 Å². The lowest BCUT2D eigenvalue weighted by Gasteiger charge is -2.18. The van der Waals surface area contributed by atoms with Crippen LogP contribution in [0.4, 0.5) is 22.7 Å². The molecule has 4 aromatic heterocycles. The van der Waals surface area contributed by atoms with Crippen LogP contribution in [0, 0.1) is 117 Å². The summed E-state index contributed by atoms with van der Waals surface area (Å²) in [5.41, 5.74) is 15.6. The third-order valence-corrected chi connectivity index (χ3v) is 22.5. The third-order valence-electron chi connectivity index (χ3n) is 22.5. The molecule has 0 amide bonds. The highest BCUT2D eigenvalue weighted by Gasteiger charge is 2.28.